The number of hydrogen-bond acceptors (Lipinski definition) is 9. The summed E-state index contributed by atoms with van der Waals surface area (Å²) in [6.07, 6.45) is 7.38. The Balaban J connectivity index is 0.00000480. The number of carboxylic acid groups (broad SMARTS) is 3. The molecule has 0 saturated carbocycles. The van der Waals surface area contributed by atoms with E-state index in [4.69, 9.17) is 9.98 Å². The monoisotopic (exact) mass is 671 g/mol. The van der Waals surface area contributed by atoms with Crippen LogP contribution in [-0.4, -0.2) is 45.3 Å². The predicted octanol–water partition coefficient (Wildman–Crippen LogP) is 2.94. The van der Waals surface area contributed by atoms with Crippen molar-refractivity contribution in [3.63, 3.8) is 0 Å². The van der Waals surface area contributed by atoms with Crippen molar-refractivity contribution in [3.8, 4) is 0 Å². The molecule has 5 rings (SSSR count). The van der Waals surface area contributed by atoms with Gasteiger partial charge in [0, 0.05) is 46.4 Å². The van der Waals surface area contributed by atoms with Gasteiger partial charge in [0.25, 0.3) is 0 Å². The maximum Gasteiger partial charge on any atom is 2.00 e. The van der Waals surface area contributed by atoms with Crippen LogP contribution in [-0.2, 0) is 31.5 Å². The fourth-order valence-electron chi connectivity index (χ4n) is 6.40. The molecule has 5 aliphatic heterocycles. The second-order valence-corrected chi connectivity index (χ2v) is 11.3. The average Bonchev–Trinajstić information content (AvgIpc) is 3.67. The van der Waals surface area contributed by atoms with Crippen molar-refractivity contribution in [1.29, 1.82) is 0 Å². The molecule has 0 aromatic heterocycles. The van der Waals surface area contributed by atoms with Crippen molar-refractivity contribution >= 4 is 35.0 Å². The van der Waals surface area contributed by atoms with Gasteiger partial charge in [-0.1, -0.05) is 26.5 Å². The van der Waals surface area contributed by atoms with Crippen molar-refractivity contribution in [1.82, 2.24) is 5.32 Å². The van der Waals surface area contributed by atoms with Gasteiger partial charge in [-0.2, -0.15) is 0 Å². The van der Waals surface area contributed by atoms with Crippen molar-refractivity contribution in [2.24, 2.45) is 26.8 Å². The summed E-state index contributed by atoms with van der Waals surface area (Å²) in [5, 5.41) is 47.7. The normalized spacial score (nSPS) is 23.0. The van der Waals surface area contributed by atoms with Gasteiger partial charge in [0.05, 0.1) is 46.6 Å². The summed E-state index contributed by atoms with van der Waals surface area (Å²) in [7, 11) is 0. The van der Waals surface area contributed by atoms with E-state index in [1.165, 1.54) is 0 Å². The number of aliphatic carboxylic acids is 3. The van der Waals surface area contributed by atoms with Crippen LogP contribution in [0.4, 0.5) is 0 Å². The summed E-state index contributed by atoms with van der Waals surface area (Å²) in [5.41, 5.74) is 5.83. The van der Waals surface area contributed by atoms with E-state index < -0.39 is 30.2 Å². The van der Waals surface area contributed by atoms with Gasteiger partial charge < -0.3 is 30.5 Å². The molecule has 12 heteroatoms. The number of carbonyl (C=O) groups excluding carboxylic acids is 1. The molecule has 3 N–H and O–H groups in total. The Morgan fingerprint density at radius 3 is 2.30 bits per heavy atom. The van der Waals surface area contributed by atoms with E-state index in [-0.39, 0.29) is 64.0 Å². The minimum Gasteiger partial charge on any atom is -0.877 e. The third kappa shape index (κ3) is 5.93. The SMILES string of the molecule is C=CC1=C(C)C2=NC1=CC1=NC(=C(CC)/C1=C/[O-])C=C1N=C(C(CC(=O)O)=C3NC(=C2)[C@@H](C)[C@@H]3CCC(=O)O)C(C(=O)[O-])=C1C.[Cu+2]. The summed E-state index contributed by atoms with van der Waals surface area (Å²) in [4.78, 5) is 50.7. The molecule has 2 atom stereocenters. The number of aliphatic imine (C=N–C) groups is 3. The molecule has 1 radical (unpaired) electrons. The fourth-order valence-corrected chi connectivity index (χ4v) is 6.40. The van der Waals surface area contributed by atoms with Gasteiger partial charge in [0.1, 0.15) is 0 Å². The van der Waals surface area contributed by atoms with Crippen LogP contribution < -0.4 is 15.5 Å². The van der Waals surface area contributed by atoms with E-state index in [0.29, 0.717) is 51.8 Å². The number of allylic oxidation sites excluding steroid dienone is 10. The van der Waals surface area contributed by atoms with E-state index in [0.717, 1.165) is 17.4 Å². The number of rotatable bonds is 8. The van der Waals surface area contributed by atoms with E-state index >= 15 is 0 Å². The van der Waals surface area contributed by atoms with Crippen molar-refractivity contribution in [2.45, 2.75) is 53.4 Å². The summed E-state index contributed by atoms with van der Waals surface area (Å²) in [5.74, 6) is -4.57. The number of hydrogen-bond donors (Lipinski definition) is 3. The first-order chi connectivity index (χ1) is 21.4. The molecular formula is C34H32CuN4O7. The van der Waals surface area contributed by atoms with Gasteiger partial charge in [-0.05, 0) is 67.2 Å². The van der Waals surface area contributed by atoms with E-state index in [1.54, 1.807) is 25.2 Å². The largest absolute Gasteiger partial charge is 2.00 e. The molecule has 8 bridgehead atoms. The molecule has 0 spiro atoms. The number of carboxylic acids is 3. The predicted molar refractivity (Wildman–Crippen MR) is 164 cm³/mol. The van der Waals surface area contributed by atoms with Crippen LogP contribution in [0.1, 0.15) is 53.4 Å². The maximum absolute atomic E-state index is 12.6. The number of nitrogens with one attached hydrogen (secondary N) is 1. The zero-order chi connectivity index (χ0) is 32.7. The van der Waals surface area contributed by atoms with Crippen LogP contribution in [0.15, 0.2) is 120 Å². The molecule has 1 fully saturated rings. The van der Waals surface area contributed by atoms with Gasteiger partial charge in [0.2, 0.25) is 0 Å². The molecule has 5 aliphatic rings. The maximum atomic E-state index is 12.6. The van der Waals surface area contributed by atoms with E-state index in [9.17, 15) is 34.8 Å². The Labute approximate surface area is 276 Å². The molecule has 0 unspecified atom stereocenters. The molecule has 0 aliphatic carbocycles. The summed E-state index contributed by atoms with van der Waals surface area (Å²) in [6, 6.07) is 0. The van der Waals surface area contributed by atoms with Gasteiger partial charge in [-0.15, -0.1) is 6.26 Å². The molecule has 1 saturated heterocycles. The van der Waals surface area contributed by atoms with E-state index in [1.807, 2.05) is 26.8 Å². The first-order valence-corrected chi connectivity index (χ1v) is 14.6. The summed E-state index contributed by atoms with van der Waals surface area (Å²) in [6.45, 7) is 11.2. The molecule has 46 heavy (non-hydrogen) atoms. The second-order valence-electron chi connectivity index (χ2n) is 11.3. The van der Waals surface area contributed by atoms with Crippen LogP contribution in [0.2, 0.25) is 0 Å². The topological polar surface area (TPSA) is 187 Å². The molecular weight excluding hydrogens is 640 g/mol. The van der Waals surface area contributed by atoms with Gasteiger partial charge >= 0.3 is 29.0 Å². The molecule has 0 aromatic rings. The van der Waals surface area contributed by atoms with Crippen molar-refractivity contribution in [3.05, 3.63) is 105 Å². The molecule has 11 nitrogen and oxygen atoms in total. The average molecular weight is 672 g/mol. The number of fused-ring (bicyclic) bond motifs is 5. The summed E-state index contributed by atoms with van der Waals surface area (Å²) < 4.78 is 0. The third-order valence-electron chi connectivity index (χ3n) is 8.76. The molecule has 241 valence electrons. The van der Waals surface area contributed by atoms with Crippen LogP contribution in [0.3, 0.4) is 0 Å². The second kappa shape index (κ2) is 13.3. The Morgan fingerprint density at radius 1 is 1.00 bits per heavy atom. The minimum absolute atomic E-state index is 0. The zero-order valence-electron chi connectivity index (χ0n) is 25.7. The molecule has 0 amide bonds. The standard InChI is InChI=1S/C34H34N4O7.Cu/c1-6-18-15(3)23-11-24-16(4)20(8-9-29(40)41)32(37-24)21(10-30(42)43)33-31(34(44)45)17(5)25(38-33)12-27-19(7-2)22(14-39)28(36-27)13-26(18)35-23;/h6,11-14,16,20,37,39H,1,7-10H2,2-5H3,(H,40,41)(H,42,43)(H,44,45);/q;+2/p-2/b22-14-,24-11?,25-12?,26-13?,32-21?;/t16-,20-;/m0./s1. The summed E-state index contributed by atoms with van der Waals surface area (Å²) >= 11 is 0. The molecule has 5 heterocycles. The van der Waals surface area contributed by atoms with Crippen molar-refractivity contribution in [2.75, 3.05) is 0 Å². The zero-order valence-corrected chi connectivity index (χ0v) is 26.6. The van der Waals surface area contributed by atoms with Crippen molar-refractivity contribution < 1.29 is 51.9 Å². The Hall–Kier alpha value is -4.80. The first kappa shape index (κ1) is 34.1. The van der Waals surface area contributed by atoms with Crippen LogP contribution in [0.5, 0.6) is 0 Å². The number of nitrogens with zero attached hydrogens (tertiary/aromatic N) is 3. The van der Waals surface area contributed by atoms with Gasteiger partial charge in [-0.25, -0.2) is 15.0 Å². The van der Waals surface area contributed by atoms with Crippen LogP contribution >= 0.6 is 0 Å². The quantitative estimate of drug-likeness (QED) is 0.259. The Bertz CT molecular complexity index is 1830. The first-order valence-electron chi connectivity index (χ1n) is 14.6. The Kier molecular flexibility index (Phi) is 9.84. The van der Waals surface area contributed by atoms with Crippen LogP contribution in [0.25, 0.3) is 0 Å². The third-order valence-corrected chi connectivity index (χ3v) is 8.76. The fraction of sp³-hybridized carbons (Fsp3) is 0.294. The number of carbonyl (C=O) groups is 3. The van der Waals surface area contributed by atoms with E-state index in [2.05, 4.69) is 16.9 Å². The van der Waals surface area contributed by atoms with Gasteiger partial charge in [0.15, 0.2) is 0 Å². The van der Waals surface area contributed by atoms with Crippen LogP contribution in [0, 0.1) is 11.8 Å². The Morgan fingerprint density at radius 2 is 1.72 bits per heavy atom. The van der Waals surface area contributed by atoms with Gasteiger partial charge in [-0.3, -0.25) is 9.59 Å². The molecule has 0 aromatic carbocycles. The smallest absolute Gasteiger partial charge is 0.877 e. The minimum atomic E-state index is -1.53.